The first kappa shape index (κ1) is 10.4. The maximum absolute atomic E-state index is 9.05. The molecule has 0 bridgehead atoms. The van der Waals surface area contributed by atoms with Gasteiger partial charge in [0, 0.05) is 26.3 Å². The maximum atomic E-state index is 9.05. The number of ether oxygens (including phenoxy) is 1. The van der Waals surface area contributed by atoms with Gasteiger partial charge in [0.2, 0.25) is 0 Å². The lowest BCUT2D eigenvalue weighted by atomic mass is 10.0. The highest BCUT2D eigenvalue weighted by atomic mass is 16.5. The molecule has 82 valence electrons. The van der Waals surface area contributed by atoms with Crippen LogP contribution in [0.4, 0.5) is 0 Å². The third-order valence-corrected chi connectivity index (χ3v) is 3.49. The van der Waals surface area contributed by atoms with Gasteiger partial charge in [-0.15, -0.1) is 0 Å². The molecule has 0 aromatic heterocycles. The fraction of sp³-hybridized carbons (Fsp3) is 1.00. The standard InChI is InChI=1S/C11H21NO2/c1-11(4-2-6-14-11)9-12-5-3-10(7-12)8-13/h10,13H,2-9H2,1H3. The molecule has 2 heterocycles. The van der Waals surface area contributed by atoms with Crippen molar-refractivity contribution in [3.8, 4) is 0 Å². The highest BCUT2D eigenvalue weighted by Gasteiger charge is 2.34. The molecule has 2 aliphatic rings. The summed E-state index contributed by atoms with van der Waals surface area (Å²) in [5.41, 5.74) is 0.0876. The normalized spacial score (nSPS) is 39.4. The maximum Gasteiger partial charge on any atom is 0.0781 e. The highest BCUT2D eigenvalue weighted by Crippen LogP contribution is 2.28. The molecule has 0 aromatic rings. The molecular weight excluding hydrogens is 178 g/mol. The Morgan fingerprint density at radius 1 is 1.57 bits per heavy atom. The minimum Gasteiger partial charge on any atom is -0.396 e. The van der Waals surface area contributed by atoms with Crippen LogP contribution in [0.3, 0.4) is 0 Å². The van der Waals surface area contributed by atoms with Gasteiger partial charge in [-0.2, -0.15) is 0 Å². The van der Waals surface area contributed by atoms with Crippen molar-refractivity contribution >= 4 is 0 Å². The molecule has 0 aromatic carbocycles. The number of likely N-dealkylation sites (tertiary alicyclic amines) is 1. The number of aliphatic hydroxyl groups excluding tert-OH is 1. The molecule has 0 saturated carbocycles. The Kier molecular flexibility index (Phi) is 3.10. The second-order valence-corrected chi connectivity index (χ2v) is 4.97. The van der Waals surface area contributed by atoms with Crippen LogP contribution >= 0.6 is 0 Å². The molecule has 14 heavy (non-hydrogen) atoms. The van der Waals surface area contributed by atoms with Gasteiger partial charge in [0.05, 0.1) is 5.60 Å². The van der Waals surface area contributed by atoms with Crippen molar-refractivity contribution < 1.29 is 9.84 Å². The van der Waals surface area contributed by atoms with E-state index in [9.17, 15) is 0 Å². The smallest absolute Gasteiger partial charge is 0.0781 e. The third-order valence-electron chi connectivity index (χ3n) is 3.49. The van der Waals surface area contributed by atoms with Crippen molar-refractivity contribution in [2.24, 2.45) is 5.92 Å². The minimum atomic E-state index is 0.0876. The van der Waals surface area contributed by atoms with E-state index in [1.165, 1.54) is 12.8 Å². The summed E-state index contributed by atoms with van der Waals surface area (Å²) in [7, 11) is 0. The van der Waals surface area contributed by atoms with Crippen molar-refractivity contribution in [2.75, 3.05) is 32.8 Å². The zero-order valence-corrected chi connectivity index (χ0v) is 9.04. The SMILES string of the molecule is CC1(CN2CCC(CO)C2)CCCO1. The van der Waals surface area contributed by atoms with E-state index in [1.807, 2.05) is 0 Å². The van der Waals surface area contributed by atoms with E-state index >= 15 is 0 Å². The van der Waals surface area contributed by atoms with E-state index in [0.29, 0.717) is 12.5 Å². The minimum absolute atomic E-state index is 0.0876. The van der Waals surface area contributed by atoms with Gasteiger partial charge >= 0.3 is 0 Å². The quantitative estimate of drug-likeness (QED) is 0.732. The van der Waals surface area contributed by atoms with Crippen LogP contribution < -0.4 is 0 Å². The number of nitrogens with zero attached hydrogens (tertiary/aromatic N) is 1. The van der Waals surface area contributed by atoms with E-state index in [2.05, 4.69) is 11.8 Å². The molecule has 2 unspecified atom stereocenters. The van der Waals surface area contributed by atoms with Crippen LogP contribution in [0.5, 0.6) is 0 Å². The Morgan fingerprint density at radius 3 is 3.00 bits per heavy atom. The van der Waals surface area contributed by atoms with Crippen LogP contribution in [0.15, 0.2) is 0 Å². The van der Waals surface area contributed by atoms with E-state index in [-0.39, 0.29) is 5.60 Å². The molecule has 2 fully saturated rings. The van der Waals surface area contributed by atoms with E-state index in [0.717, 1.165) is 32.7 Å². The first-order valence-corrected chi connectivity index (χ1v) is 5.69. The van der Waals surface area contributed by atoms with Gasteiger partial charge in [0.25, 0.3) is 0 Å². The Bertz CT molecular complexity index is 190. The molecule has 2 saturated heterocycles. The van der Waals surface area contributed by atoms with Gasteiger partial charge in [-0.25, -0.2) is 0 Å². The molecule has 0 amide bonds. The molecule has 3 heteroatoms. The molecule has 0 spiro atoms. The second-order valence-electron chi connectivity index (χ2n) is 4.97. The molecule has 2 aliphatic heterocycles. The summed E-state index contributed by atoms with van der Waals surface area (Å²) in [6.07, 6.45) is 3.54. The summed E-state index contributed by atoms with van der Waals surface area (Å²) in [6, 6.07) is 0. The number of rotatable bonds is 3. The molecule has 2 rings (SSSR count). The predicted octanol–water partition coefficient (Wildman–Crippen LogP) is 0.870. The van der Waals surface area contributed by atoms with Crippen molar-refractivity contribution in [1.29, 1.82) is 0 Å². The fourth-order valence-corrected chi connectivity index (χ4v) is 2.64. The van der Waals surface area contributed by atoms with Gasteiger partial charge in [-0.3, -0.25) is 0 Å². The Hall–Kier alpha value is -0.120. The first-order valence-electron chi connectivity index (χ1n) is 5.69. The highest BCUT2D eigenvalue weighted by molar-refractivity contribution is 4.86. The van der Waals surface area contributed by atoms with Gasteiger partial charge in [-0.05, 0) is 38.6 Å². The number of hydrogen-bond acceptors (Lipinski definition) is 3. The summed E-state index contributed by atoms with van der Waals surface area (Å²) in [5.74, 6) is 0.500. The van der Waals surface area contributed by atoms with Gasteiger partial charge in [0.1, 0.15) is 0 Å². The van der Waals surface area contributed by atoms with Crippen molar-refractivity contribution in [3.63, 3.8) is 0 Å². The van der Waals surface area contributed by atoms with E-state index < -0.39 is 0 Å². The van der Waals surface area contributed by atoms with Crippen LogP contribution in [-0.2, 0) is 4.74 Å². The van der Waals surface area contributed by atoms with E-state index in [1.54, 1.807) is 0 Å². The lowest BCUT2D eigenvalue weighted by Crippen LogP contribution is -2.39. The Balaban J connectivity index is 1.80. The van der Waals surface area contributed by atoms with Crippen molar-refractivity contribution in [2.45, 2.75) is 31.8 Å². The van der Waals surface area contributed by atoms with Gasteiger partial charge in [-0.1, -0.05) is 0 Å². The van der Waals surface area contributed by atoms with E-state index in [4.69, 9.17) is 9.84 Å². The summed E-state index contributed by atoms with van der Waals surface area (Å²) >= 11 is 0. The third kappa shape index (κ3) is 2.27. The van der Waals surface area contributed by atoms with Crippen LogP contribution in [0.25, 0.3) is 0 Å². The zero-order valence-electron chi connectivity index (χ0n) is 9.04. The van der Waals surface area contributed by atoms with Gasteiger partial charge < -0.3 is 14.7 Å². The topological polar surface area (TPSA) is 32.7 Å². The predicted molar refractivity (Wildman–Crippen MR) is 55.2 cm³/mol. The Labute approximate surface area is 86.0 Å². The molecule has 0 aliphatic carbocycles. The Morgan fingerprint density at radius 2 is 2.43 bits per heavy atom. The van der Waals surface area contributed by atoms with Crippen LogP contribution in [0.1, 0.15) is 26.2 Å². The molecule has 0 radical (unpaired) electrons. The van der Waals surface area contributed by atoms with Crippen LogP contribution in [0.2, 0.25) is 0 Å². The van der Waals surface area contributed by atoms with Crippen LogP contribution in [0, 0.1) is 5.92 Å². The lowest BCUT2D eigenvalue weighted by molar-refractivity contribution is -0.00513. The first-order chi connectivity index (χ1) is 6.72. The molecule has 2 atom stereocenters. The summed E-state index contributed by atoms with van der Waals surface area (Å²) in [5, 5.41) is 9.05. The summed E-state index contributed by atoms with van der Waals surface area (Å²) in [6.45, 7) is 6.71. The molecule has 3 nitrogen and oxygen atoms in total. The van der Waals surface area contributed by atoms with Crippen LogP contribution in [-0.4, -0.2) is 48.5 Å². The zero-order chi connectivity index (χ0) is 10.0. The molecule has 1 N–H and O–H groups in total. The number of aliphatic hydroxyl groups is 1. The average Bonchev–Trinajstić information content (AvgIpc) is 2.75. The van der Waals surface area contributed by atoms with Gasteiger partial charge in [0.15, 0.2) is 0 Å². The fourth-order valence-electron chi connectivity index (χ4n) is 2.64. The van der Waals surface area contributed by atoms with Crippen molar-refractivity contribution in [3.05, 3.63) is 0 Å². The average molecular weight is 199 g/mol. The van der Waals surface area contributed by atoms with Crippen molar-refractivity contribution in [1.82, 2.24) is 4.90 Å². The lowest BCUT2D eigenvalue weighted by Gasteiger charge is -2.29. The monoisotopic (exact) mass is 199 g/mol. The number of hydrogen-bond donors (Lipinski definition) is 1. The second kappa shape index (κ2) is 4.17. The summed E-state index contributed by atoms with van der Waals surface area (Å²) in [4.78, 5) is 2.44. The molecular formula is C11H21NO2. The summed E-state index contributed by atoms with van der Waals surface area (Å²) < 4.78 is 5.77. The largest absolute Gasteiger partial charge is 0.396 e.